The van der Waals surface area contributed by atoms with Crippen molar-refractivity contribution in [3.05, 3.63) is 203 Å². The minimum atomic E-state index is -3.16. The standard InChI is InChI=1S/C48H48F2N2O3Si/c1-36(51-34-47(49,50)35-54-56(46(2,3)4,41-28-16-8-17-29-41)42-30-18-9-19-31-42)33-37-21-20-32-43-44(37)55-45(53)52(43)48(38-22-10-5-11-23-38,39-24-12-6-13-25-39)40-26-14-7-15-27-40/h5-32,36,51H,33-35H2,1-4H3/t36-/m1/s1. The SMILES string of the molecule is C[C@H](Cc1cccc2c1oc(=O)n2C(c1ccccc1)(c1ccccc1)c1ccccc1)NCC(F)(F)CO[Si](c1ccccc1)(c1ccccc1)C(C)(C)C. The van der Waals surface area contributed by atoms with E-state index in [1.807, 2.05) is 177 Å². The molecular formula is C48H48F2N2O3Si. The van der Waals surface area contributed by atoms with Gasteiger partial charge in [0.05, 0.1) is 18.7 Å². The number of nitrogens with zero attached hydrogens (tertiary/aromatic N) is 1. The summed E-state index contributed by atoms with van der Waals surface area (Å²) in [5.74, 6) is -3.68. The molecule has 0 aliphatic rings. The Kier molecular flexibility index (Phi) is 11.1. The summed E-state index contributed by atoms with van der Waals surface area (Å²) in [6.45, 7) is 6.80. The Morgan fingerprint density at radius 1 is 0.661 bits per heavy atom. The number of alkyl halides is 2. The summed E-state index contributed by atoms with van der Waals surface area (Å²) >= 11 is 0. The van der Waals surface area contributed by atoms with Crippen LogP contribution in [0.1, 0.15) is 49.9 Å². The number of hydrogen-bond donors (Lipinski definition) is 1. The predicted molar refractivity (Wildman–Crippen MR) is 225 cm³/mol. The number of nitrogens with one attached hydrogen (secondary N) is 1. The molecule has 56 heavy (non-hydrogen) atoms. The van der Waals surface area contributed by atoms with Crippen LogP contribution in [0.2, 0.25) is 5.04 Å². The number of oxazole rings is 1. The van der Waals surface area contributed by atoms with Crippen LogP contribution in [-0.2, 0) is 16.4 Å². The van der Waals surface area contributed by atoms with Gasteiger partial charge >= 0.3 is 5.76 Å². The predicted octanol–water partition coefficient (Wildman–Crippen LogP) is 9.17. The second-order valence-corrected chi connectivity index (χ2v) is 19.9. The summed E-state index contributed by atoms with van der Waals surface area (Å²) in [5.41, 5.74) is 3.40. The van der Waals surface area contributed by atoms with E-state index in [0.717, 1.165) is 32.6 Å². The van der Waals surface area contributed by atoms with Gasteiger partial charge in [-0.1, -0.05) is 185 Å². The highest BCUT2D eigenvalue weighted by Gasteiger charge is 2.52. The molecule has 7 rings (SSSR count). The number of aromatic nitrogens is 1. The number of hydrogen-bond acceptors (Lipinski definition) is 4. The van der Waals surface area contributed by atoms with Crippen molar-refractivity contribution in [2.24, 2.45) is 0 Å². The Labute approximate surface area is 328 Å². The van der Waals surface area contributed by atoms with Crippen molar-refractivity contribution in [3.8, 4) is 0 Å². The molecule has 1 aromatic heterocycles. The monoisotopic (exact) mass is 766 g/mol. The molecule has 0 aliphatic heterocycles. The lowest BCUT2D eigenvalue weighted by molar-refractivity contribution is -0.0433. The molecule has 0 radical (unpaired) electrons. The van der Waals surface area contributed by atoms with Crippen LogP contribution in [-0.4, -0.2) is 38.0 Å². The molecule has 0 unspecified atom stereocenters. The summed E-state index contributed by atoms with van der Waals surface area (Å²) in [7, 11) is -3.15. The molecule has 1 heterocycles. The smallest absolute Gasteiger partial charge is 0.407 e. The van der Waals surface area contributed by atoms with E-state index in [-0.39, 0.29) is 6.04 Å². The zero-order valence-electron chi connectivity index (χ0n) is 32.3. The van der Waals surface area contributed by atoms with Crippen molar-refractivity contribution in [1.29, 1.82) is 0 Å². The Morgan fingerprint density at radius 3 is 1.55 bits per heavy atom. The average molecular weight is 767 g/mol. The van der Waals surface area contributed by atoms with Crippen molar-refractivity contribution in [1.82, 2.24) is 9.88 Å². The molecule has 8 heteroatoms. The molecular weight excluding hydrogens is 719 g/mol. The van der Waals surface area contributed by atoms with Crippen molar-refractivity contribution in [2.75, 3.05) is 13.2 Å². The normalized spacial score (nSPS) is 13.2. The minimum absolute atomic E-state index is 0.352. The lowest BCUT2D eigenvalue weighted by Gasteiger charge is -2.43. The van der Waals surface area contributed by atoms with Gasteiger partial charge in [0.25, 0.3) is 14.2 Å². The molecule has 286 valence electrons. The third kappa shape index (κ3) is 7.32. The summed E-state index contributed by atoms with van der Waals surface area (Å²) in [4.78, 5) is 14.3. The van der Waals surface area contributed by atoms with Gasteiger partial charge in [-0.2, -0.15) is 0 Å². The second kappa shape index (κ2) is 16.0. The fourth-order valence-corrected chi connectivity index (χ4v) is 12.8. The maximum Gasteiger partial charge on any atom is 0.421 e. The lowest BCUT2D eigenvalue weighted by Crippen LogP contribution is -2.67. The van der Waals surface area contributed by atoms with Crippen LogP contribution >= 0.6 is 0 Å². The van der Waals surface area contributed by atoms with E-state index in [2.05, 4.69) is 26.1 Å². The first-order valence-corrected chi connectivity index (χ1v) is 21.0. The molecule has 5 nitrogen and oxygen atoms in total. The zero-order chi connectivity index (χ0) is 39.4. The van der Waals surface area contributed by atoms with Crippen LogP contribution in [0.4, 0.5) is 8.78 Å². The molecule has 6 aromatic carbocycles. The third-order valence-electron chi connectivity index (χ3n) is 10.8. The minimum Gasteiger partial charge on any atom is -0.407 e. The van der Waals surface area contributed by atoms with E-state index >= 15 is 8.78 Å². The summed E-state index contributed by atoms with van der Waals surface area (Å²) in [6.07, 6.45) is 0.352. The number of benzene rings is 6. The highest BCUT2D eigenvalue weighted by atomic mass is 28.4. The largest absolute Gasteiger partial charge is 0.421 e. The summed E-state index contributed by atoms with van der Waals surface area (Å²) in [6, 6.07) is 54.8. The van der Waals surface area contributed by atoms with Gasteiger partial charge in [-0.25, -0.2) is 13.6 Å². The lowest BCUT2D eigenvalue weighted by atomic mass is 9.76. The highest BCUT2D eigenvalue weighted by Crippen LogP contribution is 2.42. The van der Waals surface area contributed by atoms with Crippen LogP contribution in [0.3, 0.4) is 0 Å². The fourth-order valence-electron chi connectivity index (χ4n) is 8.25. The van der Waals surface area contributed by atoms with Gasteiger partial charge in [-0.05, 0) is 57.1 Å². The van der Waals surface area contributed by atoms with Crippen LogP contribution in [0, 0.1) is 0 Å². The maximum atomic E-state index is 16.0. The van der Waals surface area contributed by atoms with Gasteiger partial charge in [0.2, 0.25) is 0 Å². The van der Waals surface area contributed by atoms with E-state index < -0.39 is 43.7 Å². The molecule has 1 atom stereocenters. The van der Waals surface area contributed by atoms with E-state index in [4.69, 9.17) is 8.84 Å². The molecule has 0 saturated carbocycles. The quantitative estimate of drug-likeness (QED) is 0.0887. The number of rotatable bonds is 14. The van der Waals surface area contributed by atoms with Crippen LogP contribution in [0.5, 0.6) is 0 Å². The maximum absolute atomic E-state index is 16.0. The van der Waals surface area contributed by atoms with Crippen LogP contribution in [0.25, 0.3) is 11.1 Å². The fraction of sp³-hybridized carbons (Fsp3) is 0.229. The number of halogens is 2. The Morgan fingerprint density at radius 2 is 1.11 bits per heavy atom. The van der Waals surface area contributed by atoms with E-state index in [1.54, 1.807) is 4.57 Å². The molecule has 1 N–H and O–H groups in total. The summed E-state index contributed by atoms with van der Waals surface area (Å²) in [5, 5.41) is 4.56. The molecule has 0 bridgehead atoms. The first-order valence-electron chi connectivity index (χ1n) is 19.1. The van der Waals surface area contributed by atoms with Gasteiger partial charge in [0, 0.05) is 6.04 Å². The number of para-hydroxylation sites is 1. The molecule has 0 fully saturated rings. The van der Waals surface area contributed by atoms with Crippen LogP contribution < -0.4 is 21.4 Å². The van der Waals surface area contributed by atoms with Crippen LogP contribution in [0.15, 0.2) is 179 Å². The highest BCUT2D eigenvalue weighted by molar-refractivity contribution is 6.99. The third-order valence-corrected chi connectivity index (χ3v) is 15.7. The first-order chi connectivity index (χ1) is 27.0. The summed E-state index contributed by atoms with van der Waals surface area (Å²) < 4.78 is 46.4. The molecule has 0 spiro atoms. The molecule has 0 saturated heterocycles. The van der Waals surface area contributed by atoms with Crippen molar-refractivity contribution < 1.29 is 17.6 Å². The van der Waals surface area contributed by atoms with E-state index in [9.17, 15) is 4.79 Å². The van der Waals surface area contributed by atoms with Crippen molar-refractivity contribution in [3.63, 3.8) is 0 Å². The Balaban J connectivity index is 1.18. The average Bonchev–Trinajstić information content (AvgIpc) is 3.56. The van der Waals surface area contributed by atoms with E-state index in [0.29, 0.717) is 17.5 Å². The molecule has 7 aromatic rings. The Bertz CT molecular complexity index is 2260. The van der Waals surface area contributed by atoms with Gasteiger partial charge in [0.15, 0.2) is 5.58 Å². The topological polar surface area (TPSA) is 56.4 Å². The van der Waals surface area contributed by atoms with E-state index in [1.165, 1.54) is 0 Å². The van der Waals surface area contributed by atoms with Gasteiger partial charge in [-0.15, -0.1) is 0 Å². The van der Waals surface area contributed by atoms with Gasteiger partial charge < -0.3 is 14.2 Å². The van der Waals surface area contributed by atoms with Gasteiger partial charge in [-0.3, -0.25) is 4.57 Å². The van der Waals surface area contributed by atoms with Crippen molar-refractivity contribution >= 4 is 29.8 Å². The first kappa shape index (κ1) is 38.8. The van der Waals surface area contributed by atoms with Crippen molar-refractivity contribution in [2.45, 2.75) is 56.7 Å². The van der Waals surface area contributed by atoms with Gasteiger partial charge in [0.1, 0.15) is 5.54 Å². The molecule has 0 aliphatic carbocycles. The second-order valence-electron chi connectivity index (χ2n) is 15.6. The zero-order valence-corrected chi connectivity index (χ0v) is 33.3. The Hall–Kier alpha value is -5.41. The number of fused-ring (bicyclic) bond motifs is 1. The molecule has 0 amide bonds.